The molecule has 0 radical (unpaired) electrons. The first-order valence-corrected chi connectivity index (χ1v) is 12.5. The molecule has 1 unspecified atom stereocenters. The molecule has 3 aromatic rings. The number of thiophene rings is 1. The number of amides is 2. The summed E-state index contributed by atoms with van der Waals surface area (Å²) in [4.78, 5) is 31.1. The van der Waals surface area contributed by atoms with Gasteiger partial charge in [-0.15, -0.1) is 11.3 Å². The summed E-state index contributed by atoms with van der Waals surface area (Å²) in [6.07, 6.45) is 0.740. The SMILES string of the molecule is COCCN(CC(=O)N1CCc2sccc2C1COc1cccc(OC)c1)C(=O)c1cccc(F)c1. The lowest BCUT2D eigenvalue weighted by atomic mass is 10.0. The minimum absolute atomic E-state index is 0.145. The van der Waals surface area contributed by atoms with Crippen molar-refractivity contribution in [3.05, 3.63) is 81.8 Å². The molecule has 0 saturated heterocycles. The predicted octanol–water partition coefficient (Wildman–Crippen LogP) is 4.19. The zero-order chi connectivity index (χ0) is 25.5. The van der Waals surface area contributed by atoms with Crippen LogP contribution in [0.5, 0.6) is 11.5 Å². The molecular weight excluding hydrogens is 483 g/mol. The Morgan fingerprint density at radius 2 is 1.92 bits per heavy atom. The van der Waals surface area contributed by atoms with E-state index in [-0.39, 0.29) is 43.8 Å². The number of benzene rings is 2. The molecule has 2 amide bonds. The molecule has 1 aliphatic rings. The van der Waals surface area contributed by atoms with Crippen LogP contribution in [0.2, 0.25) is 0 Å². The van der Waals surface area contributed by atoms with Gasteiger partial charge in [0.25, 0.3) is 5.91 Å². The number of methoxy groups -OCH3 is 2. The quantitative estimate of drug-likeness (QED) is 0.408. The molecule has 4 rings (SSSR count). The van der Waals surface area contributed by atoms with Crippen molar-refractivity contribution in [2.45, 2.75) is 12.5 Å². The van der Waals surface area contributed by atoms with Crippen LogP contribution >= 0.6 is 11.3 Å². The molecule has 2 heterocycles. The van der Waals surface area contributed by atoms with E-state index in [1.165, 1.54) is 35.1 Å². The molecule has 0 fully saturated rings. The van der Waals surface area contributed by atoms with E-state index in [9.17, 15) is 14.0 Å². The number of hydrogen-bond donors (Lipinski definition) is 0. The molecule has 2 aromatic carbocycles. The van der Waals surface area contributed by atoms with Gasteiger partial charge < -0.3 is 24.0 Å². The van der Waals surface area contributed by atoms with Crippen LogP contribution in [-0.2, 0) is 16.0 Å². The highest BCUT2D eigenvalue weighted by Crippen LogP contribution is 2.34. The van der Waals surface area contributed by atoms with Gasteiger partial charge in [-0.25, -0.2) is 4.39 Å². The Labute approximate surface area is 214 Å². The molecule has 0 bridgehead atoms. The lowest BCUT2D eigenvalue weighted by Crippen LogP contribution is -2.48. The number of rotatable bonds is 10. The van der Waals surface area contributed by atoms with Gasteiger partial charge in [-0.2, -0.15) is 0 Å². The van der Waals surface area contributed by atoms with E-state index in [0.717, 1.165) is 12.0 Å². The van der Waals surface area contributed by atoms with E-state index >= 15 is 0 Å². The van der Waals surface area contributed by atoms with Crippen molar-refractivity contribution in [1.29, 1.82) is 0 Å². The van der Waals surface area contributed by atoms with Gasteiger partial charge in [0.15, 0.2) is 0 Å². The van der Waals surface area contributed by atoms with Crippen molar-refractivity contribution in [2.24, 2.45) is 0 Å². The summed E-state index contributed by atoms with van der Waals surface area (Å²) in [5.74, 6) is 0.205. The molecular formula is C27H29FN2O5S. The maximum absolute atomic E-state index is 13.7. The molecule has 190 valence electrons. The molecule has 0 N–H and O–H groups in total. The first-order chi connectivity index (χ1) is 17.5. The Morgan fingerprint density at radius 1 is 1.11 bits per heavy atom. The molecule has 1 atom stereocenters. The Hall–Kier alpha value is -3.43. The number of carbonyl (C=O) groups is 2. The highest BCUT2D eigenvalue weighted by molar-refractivity contribution is 7.10. The van der Waals surface area contributed by atoms with Crippen LogP contribution in [0.25, 0.3) is 0 Å². The molecule has 7 nitrogen and oxygen atoms in total. The topological polar surface area (TPSA) is 68.3 Å². The number of halogens is 1. The first-order valence-electron chi connectivity index (χ1n) is 11.7. The second-order valence-electron chi connectivity index (χ2n) is 8.37. The smallest absolute Gasteiger partial charge is 0.254 e. The summed E-state index contributed by atoms with van der Waals surface area (Å²) in [5.41, 5.74) is 1.25. The second-order valence-corrected chi connectivity index (χ2v) is 9.37. The zero-order valence-corrected chi connectivity index (χ0v) is 21.1. The zero-order valence-electron chi connectivity index (χ0n) is 20.3. The number of ether oxygens (including phenoxy) is 3. The maximum Gasteiger partial charge on any atom is 0.254 e. The third kappa shape index (κ3) is 6.03. The fraction of sp³-hybridized carbons (Fsp3) is 0.333. The average Bonchev–Trinajstić information content (AvgIpc) is 3.38. The fourth-order valence-electron chi connectivity index (χ4n) is 4.25. The van der Waals surface area contributed by atoms with Gasteiger partial charge in [0.2, 0.25) is 5.91 Å². The number of hydrogen-bond acceptors (Lipinski definition) is 6. The minimum Gasteiger partial charge on any atom is -0.497 e. The van der Waals surface area contributed by atoms with Crippen LogP contribution in [0, 0.1) is 5.82 Å². The second kappa shape index (κ2) is 12.0. The van der Waals surface area contributed by atoms with Crippen molar-refractivity contribution >= 4 is 23.2 Å². The molecule has 0 spiro atoms. The van der Waals surface area contributed by atoms with Crippen LogP contribution in [0.15, 0.2) is 60.0 Å². The van der Waals surface area contributed by atoms with E-state index in [1.807, 2.05) is 29.6 Å². The van der Waals surface area contributed by atoms with Gasteiger partial charge in [-0.1, -0.05) is 12.1 Å². The molecule has 1 aliphatic heterocycles. The Kier molecular flexibility index (Phi) is 8.56. The normalized spacial score (nSPS) is 14.8. The van der Waals surface area contributed by atoms with Crippen molar-refractivity contribution in [2.75, 3.05) is 47.1 Å². The standard InChI is InChI=1S/C27H29FN2O5S/c1-33-13-12-29(27(32)19-5-3-6-20(28)15-19)17-26(31)30-11-9-25-23(10-14-36-25)24(30)18-35-22-8-4-7-21(16-22)34-2/h3-8,10,14-16,24H,9,11-13,17-18H2,1-2H3. The van der Waals surface area contributed by atoms with Crippen LogP contribution < -0.4 is 9.47 Å². The van der Waals surface area contributed by atoms with Gasteiger partial charge in [-0.3, -0.25) is 9.59 Å². The summed E-state index contributed by atoms with van der Waals surface area (Å²) in [7, 11) is 3.13. The third-order valence-corrected chi connectivity index (χ3v) is 7.11. The van der Waals surface area contributed by atoms with Crippen LogP contribution in [0.1, 0.15) is 26.8 Å². The maximum atomic E-state index is 13.7. The van der Waals surface area contributed by atoms with Gasteiger partial charge >= 0.3 is 0 Å². The molecule has 9 heteroatoms. The molecule has 0 saturated carbocycles. The first kappa shape index (κ1) is 25.7. The van der Waals surface area contributed by atoms with E-state index in [0.29, 0.717) is 18.0 Å². The van der Waals surface area contributed by atoms with Gasteiger partial charge in [0, 0.05) is 36.7 Å². The lowest BCUT2D eigenvalue weighted by Gasteiger charge is -2.37. The number of fused-ring (bicyclic) bond motifs is 1. The fourth-order valence-corrected chi connectivity index (χ4v) is 5.18. The average molecular weight is 513 g/mol. The van der Waals surface area contributed by atoms with E-state index in [2.05, 4.69) is 0 Å². The van der Waals surface area contributed by atoms with Gasteiger partial charge in [-0.05, 0) is 53.8 Å². The Morgan fingerprint density at radius 3 is 2.69 bits per heavy atom. The summed E-state index contributed by atoms with van der Waals surface area (Å²) in [6, 6.07) is 14.5. The van der Waals surface area contributed by atoms with E-state index < -0.39 is 11.7 Å². The van der Waals surface area contributed by atoms with Crippen molar-refractivity contribution in [3.63, 3.8) is 0 Å². The van der Waals surface area contributed by atoms with E-state index in [4.69, 9.17) is 14.2 Å². The van der Waals surface area contributed by atoms with Crippen molar-refractivity contribution in [1.82, 2.24) is 9.80 Å². The van der Waals surface area contributed by atoms with Gasteiger partial charge in [0.1, 0.15) is 30.5 Å². The third-order valence-electron chi connectivity index (χ3n) is 6.11. The monoisotopic (exact) mass is 512 g/mol. The summed E-state index contributed by atoms with van der Waals surface area (Å²) in [6.45, 7) is 1.10. The lowest BCUT2D eigenvalue weighted by molar-refractivity contribution is -0.135. The van der Waals surface area contributed by atoms with Gasteiger partial charge in [0.05, 0.1) is 19.8 Å². The van der Waals surface area contributed by atoms with Crippen LogP contribution in [0.4, 0.5) is 4.39 Å². The van der Waals surface area contributed by atoms with Crippen LogP contribution in [-0.4, -0.2) is 68.7 Å². The number of carbonyl (C=O) groups excluding carboxylic acids is 2. The Bertz CT molecular complexity index is 1200. The molecule has 1 aromatic heterocycles. The summed E-state index contributed by atoms with van der Waals surface area (Å²) < 4.78 is 30.3. The van der Waals surface area contributed by atoms with E-state index in [1.54, 1.807) is 35.5 Å². The number of nitrogens with zero attached hydrogens (tertiary/aromatic N) is 2. The highest BCUT2D eigenvalue weighted by atomic mass is 32.1. The highest BCUT2D eigenvalue weighted by Gasteiger charge is 2.33. The van der Waals surface area contributed by atoms with Crippen molar-refractivity contribution < 1.29 is 28.2 Å². The summed E-state index contributed by atoms with van der Waals surface area (Å²) in [5, 5.41) is 2.02. The minimum atomic E-state index is -0.505. The van der Waals surface area contributed by atoms with Crippen LogP contribution in [0.3, 0.4) is 0 Å². The molecule has 36 heavy (non-hydrogen) atoms. The molecule has 0 aliphatic carbocycles. The van der Waals surface area contributed by atoms with Crippen molar-refractivity contribution in [3.8, 4) is 11.5 Å². The summed E-state index contributed by atoms with van der Waals surface area (Å²) >= 11 is 1.67. The Balaban J connectivity index is 1.52. The predicted molar refractivity (Wildman–Crippen MR) is 135 cm³/mol. The largest absolute Gasteiger partial charge is 0.497 e.